The van der Waals surface area contributed by atoms with Crippen molar-refractivity contribution in [3.63, 3.8) is 0 Å². The lowest BCUT2D eigenvalue weighted by Crippen LogP contribution is -2.23. The topological polar surface area (TPSA) is 104 Å². The fraction of sp³-hybridized carbons (Fsp3) is 0.389. The Labute approximate surface area is 158 Å². The summed E-state index contributed by atoms with van der Waals surface area (Å²) in [6, 6.07) is 2.11. The third kappa shape index (κ3) is 2.09. The van der Waals surface area contributed by atoms with Crippen molar-refractivity contribution in [3.8, 4) is 0 Å². The second kappa shape index (κ2) is 5.38. The smallest absolute Gasteiger partial charge is 0.330 e. The molecule has 1 N–H and O–H groups in total. The minimum absolute atomic E-state index is 0.0546. The van der Waals surface area contributed by atoms with Gasteiger partial charge in [-0.25, -0.2) is 19.3 Å². The molecule has 2 fully saturated rings. The van der Waals surface area contributed by atoms with Crippen molar-refractivity contribution in [2.45, 2.75) is 13.0 Å². The van der Waals surface area contributed by atoms with Crippen LogP contribution in [-0.4, -0.2) is 46.9 Å². The van der Waals surface area contributed by atoms with Gasteiger partial charge in [0.15, 0.2) is 11.3 Å². The Morgan fingerprint density at radius 1 is 1.25 bits per heavy atom. The van der Waals surface area contributed by atoms with Crippen LogP contribution < -0.4 is 11.0 Å². The van der Waals surface area contributed by atoms with Gasteiger partial charge in [0.2, 0.25) is 5.95 Å². The summed E-state index contributed by atoms with van der Waals surface area (Å²) in [5.74, 6) is 1.26. The van der Waals surface area contributed by atoms with Gasteiger partial charge < -0.3 is 10.1 Å². The second-order valence-corrected chi connectivity index (χ2v) is 7.53. The molecule has 1 saturated heterocycles. The Bertz CT molecular complexity index is 1290. The molecule has 3 atom stereocenters. The van der Waals surface area contributed by atoms with E-state index in [2.05, 4.69) is 25.4 Å². The summed E-state index contributed by atoms with van der Waals surface area (Å²) >= 11 is 0. The molecule has 28 heavy (non-hydrogen) atoms. The molecule has 1 saturated carbocycles. The van der Waals surface area contributed by atoms with Crippen molar-refractivity contribution < 1.29 is 4.74 Å². The molecule has 0 bridgehead atoms. The molecule has 4 aromatic rings. The van der Waals surface area contributed by atoms with E-state index >= 15 is 0 Å². The number of fused-ring (bicyclic) bond motifs is 3. The first-order valence-electron chi connectivity index (χ1n) is 9.20. The summed E-state index contributed by atoms with van der Waals surface area (Å²) in [6.45, 7) is 3.41. The van der Waals surface area contributed by atoms with Crippen LogP contribution in [0.4, 0.5) is 11.6 Å². The molecule has 0 unspecified atom stereocenters. The number of hydrogen-bond donors (Lipinski definition) is 1. The first-order valence-corrected chi connectivity index (χ1v) is 9.20. The van der Waals surface area contributed by atoms with Gasteiger partial charge in [-0.1, -0.05) is 0 Å². The minimum atomic E-state index is -0.0546. The number of imidazole rings is 1. The molecule has 0 spiro atoms. The van der Waals surface area contributed by atoms with E-state index in [9.17, 15) is 4.79 Å². The number of rotatable bonds is 3. The van der Waals surface area contributed by atoms with Crippen LogP contribution in [0.3, 0.4) is 0 Å². The fourth-order valence-electron chi connectivity index (χ4n) is 4.27. The standard InChI is InChI=1S/C18H18N8O2/c1-9-3-14-20-8-21-25(14)5-12(9)22-17-19-4-13-16(23-17)26(18(27)24(13)2)15-10-6-28-7-11(10)15/h3-5,8,10-11,15H,6-7H2,1-2H3,(H,19,22,23)/t10-,11+,15-. The van der Waals surface area contributed by atoms with Gasteiger partial charge in [0.1, 0.15) is 11.8 Å². The lowest BCUT2D eigenvalue weighted by Gasteiger charge is -2.09. The zero-order chi connectivity index (χ0) is 19.0. The second-order valence-electron chi connectivity index (χ2n) is 7.53. The molecule has 10 nitrogen and oxygen atoms in total. The Morgan fingerprint density at radius 3 is 2.89 bits per heavy atom. The molecule has 1 aliphatic carbocycles. The average Bonchev–Trinajstić information content (AvgIpc) is 3.06. The lowest BCUT2D eigenvalue weighted by molar-refractivity contribution is 0.152. The van der Waals surface area contributed by atoms with Crippen molar-refractivity contribution in [3.05, 3.63) is 40.8 Å². The number of hydrogen-bond acceptors (Lipinski definition) is 7. The maximum Gasteiger partial charge on any atom is 0.330 e. The number of nitrogens with zero attached hydrogens (tertiary/aromatic N) is 7. The van der Waals surface area contributed by atoms with Gasteiger partial charge in [0, 0.05) is 18.9 Å². The third-order valence-corrected chi connectivity index (χ3v) is 5.91. The van der Waals surface area contributed by atoms with Crippen molar-refractivity contribution in [2.24, 2.45) is 18.9 Å². The maximum absolute atomic E-state index is 12.8. The molecule has 6 rings (SSSR count). The Balaban J connectivity index is 1.44. The molecule has 1 aliphatic heterocycles. The van der Waals surface area contributed by atoms with Crippen LogP contribution in [0.1, 0.15) is 11.6 Å². The molecule has 4 aromatic heterocycles. The summed E-state index contributed by atoms with van der Waals surface area (Å²) in [6.07, 6.45) is 5.06. The van der Waals surface area contributed by atoms with E-state index in [0.717, 1.165) is 22.4 Å². The zero-order valence-electron chi connectivity index (χ0n) is 15.4. The molecule has 5 heterocycles. The summed E-state index contributed by atoms with van der Waals surface area (Å²) < 4.78 is 10.6. The van der Waals surface area contributed by atoms with Gasteiger partial charge in [-0.2, -0.15) is 10.1 Å². The van der Waals surface area contributed by atoms with E-state index in [1.54, 1.807) is 22.3 Å². The molecule has 2 aliphatic rings. The minimum Gasteiger partial charge on any atom is -0.381 e. The monoisotopic (exact) mass is 378 g/mol. The van der Waals surface area contributed by atoms with Crippen molar-refractivity contribution in [2.75, 3.05) is 18.5 Å². The van der Waals surface area contributed by atoms with Crippen LogP contribution in [-0.2, 0) is 11.8 Å². The van der Waals surface area contributed by atoms with Gasteiger partial charge in [-0.3, -0.25) is 9.13 Å². The predicted octanol–water partition coefficient (Wildman–Crippen LogP) is 1.04. The van der Waals surface area contributed by atoms with E-state index in [1.165, 1.54) is 6.33 Å². The Hall–Kier alpha value is -3.27. The first-order chi connectivity index (χ1) is 13.6. The predicted molar refractivity (Wildman–Crippen MR) is 101 cm³/mol. The molecular weight excluding hydrogens is 360 g/mol. The van der Waals surface area contributed by atoms with Crippen LogP contribution in [0.15, 0.2) is 29.6 Å². The quantitative estimate of drug-likeness (QED) is 0.568. The van der Waals surface area contributed by atoms with Gasteiger partial charge in [0.25, 0.3) is 0 Å². The molecule has 0 radical (unpaired) electrons. The zero-order valence-corrected chi connectivity index (χ0v) is 15.4. The SMILES string of the molecule is Cc1cc2ncnn2cc1Nc1ncc2c(n1)n([C@@H]1[C@@H]3COC[C@@H]31)c(=O)n2C. The average molecular weight is 378 g/mol. The van der Waals surface area contributed by atoms with Crippen LogP contribution >= 0.6 is 0 Å². The van der Waals surface area contributed by atoms with E-state index in [1.807, 2.05) is 23.8 Å². The summed E-state index contributed by atoms with van der Waals surface area (Å²) in [4.78, 5) is 26.1. The van der Waals surface area contributed by atoms with E-state index in [-0.39, 0.29) is 11.7 Å². The van der Waals surface area contributed by atoms with Crippen molar-refractivity contribution in [1.82, 2.24) is 33.7 Å². The highest BCUT2D eigenvalue weighted by molar-refractivity contribution is 5.73. The molecule has 0 aromatic carbocycles. The van der Waals surface area contributed by atoms with E-state index in [4.69, 9.17) is 4.74 Å². The van der Waals surface area contributed by atoms with E-state index < -0.39 is 0 Å². The molecule has 0 amide bonds. The number of anilines is 2. The van der Waals surface area contributed by atoms with Crippen LogP contribution in [0, 0.1) is 18.8 Å². The highest BCUT2D eigenvalue weighted by Crippen LogP contribution is 2.54. The summed E-state index contributed by atoms with van der Waals surface area (Å²) in [5, 5.41) is 7.42. The maximum atomic E-state index is 12.8. The summed E-state index contributed by atoms with van der Waals surface area (Å²) in [5.41, 5.74) is 3.94. The number of aryl methyl sites for hydroxylation is 2. The number of ether oxygens (including phenoxy) is 1. The van der Waals surface area contributed by atoms with Gasteiger partial charge >= 0.3 is 5.69 Å². The van der Waals surface area contributed by atoms with E-state index in [0.29, 0.717) is 36.6 Å². The number of aromatic nitrogens is 7. The van der Waals surface area contributed by atoms with Gasteiger partial charge in [0.05, 0.1) is 37.3 Å². The lowest BCUT2D eigenvalue weighted by atomic mass is 10.2. The highest BCUT2D eigenvalue weighted by atomic mass is 16.5. The van der Waals surface area contributed by atoms with Gasteiger partial charge in [-0.15, -0.1) is 0 Å². The normalized spacial score (nSPS) is 23.4. The molecule has 10 heteroatoms. The Morgan fingerprint density at radius 2 is 2.07 bits per heavy atom. The van der Waals surface area contributed by atoms with Gasteiger partial charge in [-0.05, 0) is 18.6 Å². The van der Waals surface area contributed by atoms with Crippen molar-refractivity contribution >= 4 is 28.4 Å². The van der Waals surface area contributed by atoms with Crippen LogP contribution in [0.5, 0.6) is 0 Å². The van der Waals surface area contributed by atoms with Crippen molar-refractivity contribution in [1.29, 1.82) is 0 Å². The Kier molecular flexibility index (Phi) is 3.03. The highest BCUT2D eigenvalue weighted by Gasteiger charge is 2.56. The number of nitrogens with one attached hydrogen (secondary N) is 1. The largest absolute Gasteiger partial charge is 0.381 e. The first kappa shape index (κ1) is 15.8. The fourth-order valence-corrected chi connectivity index (χ4v) is 4.27. The van der Waals surface area contributed by atoms with Crippen LogP contribution in [0.25, 0.3) is 16.8 Å². The number of pyridine rings is 1. The third-order valence-electron chi connectivity index (χ3n) is 5.91. The summed E-state index contributed by atoms with van der Waals surface area (Å²) in [7, 11) is 1.76. The van der Waals surface area contributed by atoms with Crippen LogP contribution in [0.2, 0.25) is 0 Å². The molecular formula is C18H18N8O2. The molecule has 142 valence electrons.